The zero-order chi connectivity index (χ0) is 13.5. The van der Waals surface area contributed by atoms with Crippen LogP contribution in [-0.4, -0.2) is 31.1 Å². The molecule has 0 radical (unpaired) electrons. The summed E-state index contributed by atoms with van der Waals surface area (Å²) in [5, 5.41) is 3.49. The van der Waals surface area contributed by atoms with Gasteiger partial charge in [0.25, 0.3) is 0 Å². The highest BCUT2D eigenvalue weighted by Crippen LogP contribution is 2.14. The van der Waals surface area contributed by atoms with Gasteiger partial charge in [-0.3, -0.25) is 4.90 Å². The van der Waals surface area contributed by atoms with E-state index in [-0.39, 0.29) is 0 Å². The quantitative estimate of drug-likeness (QED) is 0.721. The summed E-state index contributed by atoms with van der Waals surface area (Å²) in [4.78, 5) is 2.36. The summed E-state index contributed by atoms with van der Waals surface area (Å²) < 4.78 is 5.63. The SMILES string of the molecule is CCCNCC(C)C(C)N(C)Cc1ccc(C)o1. The first-order chi connectivity index (χ1) is 8.54. The molecule has 1 N–H and O–H groups in total. The summed E-state index contributed by atoms with van der Waals surface area (Å²) in [7, 11) is 2.17. The van der Waals surface area contributed by atoms with Gasteiger partial charge in [-0.1, -0.05) is 13.8 Å². The Morgan fingerprint density at radius 3 is 2.61 bits per heavy atom. The molecule has 0 fully saturated rings. The topological polar surface area (TPSA) is 28.4 Å². The maximum atomic E-state index is 5.63. The minimum atomic E-state index is 0.541. The smallest absolute Gasteiger partial charge is 0.118 e. The van der Waals surface area contributed by atoms with E-state index in [9.17, 15) is 0 Å². The second kappa shape index (κ2) is 7.59. The van der Waals surface area contributed by atoms with Crippen molar-refractivity contribution in [2.45, 2.75) is 46.7 Å². The molecule has 0 saturated carbocycles. The van der Waals surface area contributed by atoms with E-state index < -0.39 is 0 Å². The molecule has 0 amide bonds. The van der Waals surface area contributed by atoms with E-state index in [1.54, 1.807) is 0 Å². The lowest BCUT2D eigenvalue weighted by Crippen LogP contribution is -2.38. The summed E-state index contributed by atoms with van der Waals surface area (Å²) in [6, 6.07) is 4.64. The first-order valence-electron chi connectivity index (χ1n) is 7.00. The van der Waals surface area contributed by atoms with E-state index in [4.69, 9.17) is 4.42 Å². The second-order valence-corrected chi connectivity index (χ2v) is 5.35. The lowest BCUT2D eigenvalue weighted by molar-refractivity contribution is 0.176. The third-order valence-corrected chi connectivity index (χ3v) is 3.61. The van der Waals surface area contributed by atoms with Gasteiger partial charge in [0.2, 0.25) is 0 Å². The van der Waals surface area contributed by atoms with Gasteiger partial charge >= 0.3 is 0 Å². The molecule has 1 aromatic heterocycles. The Morgan fingerprint density at radius 2 is 2.06 bits per heavy atom. The van der Waals surface area contributed by atoms with E-state index in [2.05, 4.69) is 44.1 Å². The van der Waals surface area contributed by atoms with Crippen molar-refractivity contribution in [2.24, 2.45) is 5.92 Å². The minimum Gasteiger partial charge on any atom is -0.465 e. The summed E-state index contributed by atoms with van der Waals surface area (Å²) in [6.45, 7) is 11.9. The number of rotatable bonds is 8. The lowest BCUT2D eigenvalue weighted by atomic mass is 10.0. The van der Waals surface area contributed by atoms with Crippen molar-refractivity contribution in [3.05, 3.63) is 23.7 Å². The van der Waals surface area contributed by atoms with Crippen LogP contribution in [0.3, 0.4) is 0 Å². The van der Waals surface area contributed by atoms with Crippen LogP contribution in [0.25, 0.3) is 0 Å². The van der Waals surface area contributed by atoms with Crippen LogP contribution in [-0.2, 0) is 6.54 Å². The van der Waals surface area contributed by atoms with Crippen molar-refractivity contribution >= 4 is 0 Å². The maximum absolute atomic E-state index is 5.63. The molecule has 1 heterocycles. The van der Waals surface area contributed by atoms with Crippen LogP contribution in [0.1, 0.15) is 38.7 Å². The summed E-state index contributed by atoms with van der Waals surface area (Å²) >= 11 is 0. The third-order valence-electron chi connectivity index (χ3n) is 3.61. The molecule has 2 atom stereocenters. The fourth-order valence-corrected chi connectivity index (χ4v) is 2.07. The molecular weight excluding hydrogens is 224 g/mol. The van der Waals surface area contributed by atoms with Crippen LogP contribution in [0.5, 0.6) is 0 Å². The largest absolute Gasteiger partial charge is 0.465 e. The standard InChI is InChI=1S/C15H28N2O/c1-6-9-16-10-12(2)14(4)17(5)11-15-8-7-13(3)18-15/h7-8,12,14,16H,6,9-11H2,1-5H3. The summed E-state index contributed by atoms with van der Waals surface area (Å²) in [5.74, 6) is 2.68. The van der Waals surface area contributed by atoms with Crippen molar-refractivity contribution < 1.29 is 4.42 Å². The van der Waals surface area contributed by atoms with Crippen LogP contribution in [0.4, 0.5) is 0 Å². The molecule has 0 saturated heterocycles. The highest BCUT2D eigenvalue weighted by molar-refractivity contribution is 5.05. The van der Waals surface area contributed by atoms with Gasteiger partial charge < -0.3 is 9.73 Å². The predicted octanol–water partition coefficient (Wildman–Crippen LogP) is 3.04. The van der Waals surface area contributed by atoms with Crippen LogP contribution in [0.2, 0.25) is 0 Å². The Balaban J connectivity index is 2.37. The molecule has 0 aliphatic rings. The van der Waals surface area contributed by atoms with Gasteiger partial charge in [0.05, 0.1) is 6.54 Å². The molecule has 0 aromatic carbocycles. The van der Waals surface area contributed by atoms with Crippen molar-refractivity contribution in [1.29, 1.82) is 0 Å². The zero-order valence-electron chi connectivity index (χ0n) is 12.5. The fourth-order valence-electron chi connectivity index (χ4n) is 2.07. The van der Waals surface area contributed by atoms with Crippen molar-refractivity contribution in [1.82, 2.24) is 10.2 Å². The molecule has 0 bridgehead atoms. The van der Waals surface area contributed by atoms with Crippen molar-refractivity contribution in [2.75, 3.05) is 20.1 Å². The van der Waals surface area contributed by atoms with Gasteiger partial charge in [0.15, 0.2) is 0 Å². The maximum Gasteiger partial charge on any atom is 0.118 e. The Kier molecular flexibility index (Phi) is 6.44. The molecule has 18 heavy (non-hydrogen) atoms. The van der Waals surface area contributed by atoms with Crippen molar-refractivity contribution in [3.8, 4) is 0 Å². The molecule has 0 spiro atoms. The predicted molar refractivity (Wildman–Crippen MR) is 76.7 cm³/mol. The van der Waals surface area contributed by atoms with Crippen molar-refractivity contribution in [3.63, 3.8) is 0 Å². The molecule has 0 aliphatic heterocycles. The molecule has 0 aliphatic carbocycles. The molecule has 104 valence electrons. The molecule has 3 heteroatoms. The van der Waals surface area contributed by atoms with Gasteiger partial charge in [0, 0.05) is 6.04 Å². The number of aryl methyl sites for hydroxylation is 1. The Labute approximate surface area is 112 Å². The third kappa shape index (κ3) is 4.83. The normalized spacial score (nSPS) is 15.0. The minimum absolute atomic E-state index is 0.541. The first-order valence-corrected chi connectivity index (χ1v) is 7.00. The summed E-state index contributed by atoms with van der Waals surface area (Å²) in [5.41, 5.74) is 0. The van der Waals surface area contributed by atoms with E-state index in [0.29, 0.717) is 12.0 Å². The first kappa shape index (κ1) is 15.3. The van der Waals surface area contributed by atoms with E-state index in [0.717, 1.165) is 31.2 Å². The van der Waals surface area contributed by atoms with Gasteiger partial charge in [-0.2, -0.15) is 0 Å². The number of hydrogen-bond donors (Lipinski definition) is 1. The highest BCUT2D eigenvalue weighted by atomic mass is 16.3. The number of hydrogen-bond acceptors (Lipinski definition) is 3. The monoisotopic (exact) mass is 252 g/mol. The van der Waals surface area contributed by atoms with Gasteiger partial charge in [-0.25, -0.2) is 0 Å². The Hall–Kier alpha value is -0.800. The van der Waals surface area contributed by atoms with Crippen LogP contribution in [0, 0.1) is 12.8 Å². The van der Waals surface area contributed by atoms with Gasteiger partial charge in [0.1, 0.15) is 11.5 Å². The van der Waals surface area contributed by atoms with E-state index in [1.807, 2.05) is 13.0 Å². The van der Waals surface area contributed by atoms with E-state index >= 15 is 0 Å². The summed E-state index contributed by atoms with van der Waals surface area (Å²) in [6.07, 6.45) is 1.20. The van der Waals surface area contributed by atoms with Gasteiger partial charge in [-0.15, -0.1) is 0 Å². The second-order valence-electron chi connectivity index (χ2n) is 5.35. The van der Waals surface area contributed by atoms with Gasteiger partial charge in [-0.05, 0) is 58.5 Å². The molecule has 2 unspecified atom stereocenters. The average molecular weight is 252 g/mol. The number of nitrogens with zero attached hydrogens (tertiary/aromatic N) is 1. The molecular formula is C15H28N2O. The zero-order valence-corrected chi connectivity index (χ0v) is 12.5. The van der Waals surface area contributed by atoms with Crippen LogP contribution < -0.4 is 5.32 Å². The number of nitrogens with one attached hydrogen (secondary N) is 1. The fraction of sp³-hybridized carbons (Fsp3) is 0.733. The van der Waals surface area contributed by atoms with Crippen LogP contribution >= 0.6 is 0 Å². The average Bonchev–Trinajstić information content (AvgIpc) is 2.73. The molecule has 1 aromatic rings. The highest BCUT2D eigenvalue weighted by Gasteiger charge is 2.17. The van der Waals surface area contributed by atoms with E-state index in [1.165, 1.54) is 6.42 Å². The Morgan fingerprint density at radius 1 is 1.33 bits per heavy atom. The Bertz CT molecular complexity index is 335. The molecule has 3 nitrogen and oxygen atoms in total. The number of furan rings is 1. The lowest BCUT2D eigenvalue weighted by Gasteiger charge is -2.29. The van der Waals surface area contributed by atoms with Crippen LogP contribution in [0.15, 0.2) is 16.5 Å². The molecule has 1 rings (SSSR count).